The van der Waals surface area contributed by atoms with Crippen molar-refractivity contribution in [3.05, 3.63) is 111 Å². The fourth-order valence-corrected chi connectivity index (χ4v) is 3.21. The summed E-state index contributed by atoms with van der Waals surface area (Å²) >= 11 is 0. The molecule has 4 aromatic rings. The van der Waals surface area contributed by atoms with Crippen LogP contribution in [0.1, 0.15) is 27.2 Å². The van der Waals surface area contributed by atoms with E-state index in [9.17, 15) is 14.9 Å². The zero-order valence-corrected chi connectivity index (χ0v) is 18.1. The molecule has 0 fully saturated rings. The molecule has 0 spiro atoms. The van der Waals surface area contributed by atoms with Gasteiger partial charge in [-0.05, 0) is 49.7 Å². The molecule has 0 unspecified atom stereocenters. The second-order valence-corrected chi connectivity index (χ2v) is 7.58. The van der Waals surface area contributed by atoms with Gasteiger partial charge in [-0.1, -0.05) is 47.5 Å². The van der Waals surface area contributed by atoms with Crippen LogP contribution < -0.4 is 5.43 Å². The van der Waals surface area contributed by atoms with Gasteiger partial charge in [-0.25, -0.2) is 10.1 Å². The van der Waals surface area contributed by atoms with E-state index >= 15 is 0 Å². The van der Waals surface area contributed by atoms with Crippen molar-refractivity contribution in [2.24, 2.45) is 5.10 Å². The van der Waals surface area contributed by atoms with Gasteiger partial charge in [0.1, 0.15) is 0 Å². The SMILES string of the molecule is Cc1ccc(-c2cc(C(=O)N/N=C\c3ccc([N+](=O)[O-])cc3)nn2-c2ccc(C)cc2)cc1. The molecule has 1 amide bonds. The molecule has 1 N–H and O–H groups in total. The number of nitro groups is 1. The predicted molar refractivity (Wildman–Crippen MR) is 127 cm³/mol. The van der Waals surface area contributed by atoms with Gasteiger partial charge < -0.3 is 0 Å². The van der Waals surface area contributed by atoms with Gasteiger partial charge in [0.2, 0.25) is 0 Å². The van der Waals surface area contributed by atoms with E-state index in [0.29, 0.717) is 5.56 Å². The quantitative estimate of drug-likeness (QED) is 0.264. The summed E-state index contributed by atoms with van der Waals surface area (Å²) in [4.78, 5) is 23.0. The molecule has 0 aliphatic heterocycles. The predicted octanol–water partition coefficient (Wildman–Crippen LogP) is 4.83. The number of non-ortho nitro benzene ring substituents is 1. The molecule has 164 valence electrons. The van der Waals surface area contributed by atoms with Crippen LogP contribution in [-0.4, -0.2) is 26.8 Å². The maximum atomic E-state index is 12.7. The van der Waals surface area contributed by atoms with E-state index in [1.807, 2.05) is 62.4 Å². The average molecular weight is 439 g/mol. The smallest absolute Gasteiger partial charge is 0.265 e. The molecule has 1 aromatic heterocycles. The van der Waals surface area contributed by atoms with Crippen LogP contribution in [0.15, 0.2) is 84.0 Å². The summed E-state index contributed by atoms with van der Waals surface area (Å²) in [5.41, 5.74) is 8.10. The van der Waals surface area contributed by atoms with Crippen molar-refractivity contribution in [2.45, 2.75) is 13.8 Å². The first-order valence-electron chi connectivity index (χ1n) is 10.2. The lowest BCUT2D eigenvalue weighted by atomic mass is 10.1. The Hall–Kier alpha value is -4.59. The van der Waals surface area contributed by atoms with Gasteiger partial charge >= 0.3 is 0 Å². The molecule has 0 radical (unpaired) electrons. The summed E-state index contributed by atoms with van der Waals surface area (Å²) in [7, 11) is 0. The highest BCUT2D eigenvalue weighted by molar-refractivity contribution is 5.94. The Labute approximate surface area is 190 Å². The Morgan fingerprint density at radius 3 is 2.18 bits per heavy atom. The summed E-state index contributed by atoms with van der Waals surface area (Å²) < 4.78 is 1.74. The molecule has 1 heterocycles. The number of aryl methyl sites for hydroxylation is 2. The van der Waals surface area contributed by atoms with Crippen LogP contribution in [0.3, 0.4) is 0 Å². The van der Waals surface area contributed by atoms with Crippen molar-refractivity contribution >= 4 is 17.8 Å². The summed E-state index contributed by atoms with van der Waals surface area (Å²) in [6.45, 7) is 4.03. The zero-order chi connectivity index (χ0) is 23.4. The number of carbonyl (C=O) groups excluding carboxylic acids is 1. The van der Waals surface area contributed by atoms with Crippen molar-refractivity contribution in [1.82, 2.24) is 15.2 Å². The van der Waals surface area contributed by atoms with E-state index < -0.39 is 10.8 Å². The van der Waals surface area contributed by atoms with E-state index in [-0.39, 0.29) is 11.4 Å². The first-order chi connectivity index (χ1) is 15.9. The Kier molecular flexibility index (Phi) is 6.08. The molecule has 8 nitrogen and oxygen atoms in total. The van der Waals surface area contributed by atoms with Gasteiger partial charge in [-0.15, -0.1) is 0 Å². The summed E-state index contributed by atoms with van der Waals surface area (Å²) in [6.07, 6.45) is 1.42. The monoisotopic (exact) mass is 439 g/mol. The maximum absolute atomic E-state index is 12.7. The largest absolute Gasteiger partial charge is 0.291 e. The van der Waals surface area contributed by atoms with Crippen molar-refractivity contribution in [3.63, 3.8) is 0 Å². The Morgan fingerprint density at radius 2 is 1.58 bits per heavy atom. The highest BCUT2D eigenvalue weighted by Gasteiger charge is 2.16. The number of nitrogens with one attached hydrogen (secondary N) is 1. The average Bonchev–Trinajstić information content (AvgIpc) is 3.26. The van der Waals surface area contributed by atoms with Crippen molar-refractivity contribution in [3.8, 4) is 16.9 Å². The molecule has 0 saturated heterocycles. The molecule has 0 atom stereocenters. The third kappa shape index (κ3) is 5.01. The van der Waals surface area contributed by atoms with Gasteiger partial charge in [-0.3, -0.25) is 14.9 Å². The Balaban J connectivity index is 1.59. The van der Waals surface area contributed by atoms with Crippen LogP contribution in [0.4, 0.5) is 5.69 Å². The van der Waals surface area contributed by atoms with Gasteiger partial charge in [0.15, 0.2) is 5.69 Å². The molecule has 0 aliphatic carbocycles. The Morgan fingerprint density at radius 1 is 0.970 bits per heavy atom. The molecule has 0 bridgehead atoms. The summed E-state index contributed by atoms with van der Waals surface area (Å²) in [5, 5.41) is 19.2. The number of hydrazone groups is 1. The number of rotatable bonds is 6. The minimum Gasteiger partial charge on any atom is -0.265 e. The molecule has 8 heteroatoms. The number of nitrogens with zero attached hydrogens (tertiary/aromatic N) is 4. The van der Waals surface area contributed by atoms with Crippen LogP contribution in [0.25, 0.3) is 16.9 Å². The number of hydrogen-bond acceptors (Lipinski definition) is 5. The number of aromatic nitrogens is 2. The maximum Gasteiger partial charge on any atom is 0.291 e. The van der Waals surface area contributed by atoms with Crippen LogP contribution in [0, 0.1) is 24.0 Å². The fraction of sp³-hybridized carbons (Fsp3) is 0.0800. The summed E-state index contributed by atoms with van der Waals surface area (Å²) in [6, 6.07) is 23.5. The lowest BCUT2D eigenvalue weighted by Gasteiger charge is -2.08. The molecule has 0 saturated carbocycles. The molecule has 3 aromatic carbocycles. The molecule has 0 aliphatic rings. The lowest BCUT2D eigenvalue weighted by molar-refractivity contribution is -0.384. The second-order valence-electron chi connectivity index (χ2n) is 7.58. The van der Waals surface area contributed by atoms with Gasteiger partial charge in [0.25, 0.3) is 11.6 Å². The van der Waals surface area contributed by atoms with Crippen LogP contribution in [0.2, 0.25) is 0 Å². The second kappa shape index (κ2) is 9.27. The van der Waals surface area contributed by atoms with Crippen LogP contribution in [-0.2, 0) is 0 Å². The topological polar surface area (TPSA) is 102 Å². The first kappa shape index (κ1) is 21.6. The standard InChI is InChI=1S/C25H21N5O3/c1-17-3-9-20(10-4-17)24-15-23(28-29(24)21-11-5-18(2)6-12-21)25(31)27-26-16-19-7-13-22(14-8-19)30(32)33/h3-16H,1-2H3,(H,27,31)/b26-16-. The minimum absolute atomic E-state index is 0.0125. The zero-order valence-electron chi connectivity index (χ0n) is 18.1. The molecule has 4 rings (SSSR count). The van der Waals surface area contributed by atoms with Gasteiger partial charge in [0, 0.05) is 17.7 Å². The van der Waals surface area contributed by atoms with E-state index in [1.165, 1.54) is 18.3 Å². The van der Waals surface area contributed by atoms with Gasteiger partial charge in [0.05, 0.1) is 22.5 Å². The summed E-state index contributed by atoms with van der Waals surface area (Å²) in [5.74, 6) is -0.465. The minimum atomic E-state index is -0.474. The Bertz CT molecular complexity index is 1260. The highest BCUT2D eigenvalue weighted by atomic mass is 16.6. The molecular weight excluding hydrogens is 418 g/mol. The number of carbonyl (C=O) groups is 1. The van der Waals surface area contributed by atoms with Crippen LogP contribution in [0.5, 0.6) is 0 Å². The number of nitro benzene ring substituents is 1. The molecule has 33 heavy (non-hydrogen) atoms. The first-order valence-corrected chi connectivity index (χ1v) is 10.2. The van der Waals surface area contributed by atoms with E-state index in [2.05, 4.69) is 15.6 Å². The highest BCUT2D eigenvalue weighted by Crippen LogP contribution is 2.25. The third-order valence-corrected chi connectivity index (χ3v) is 5.05. The fourth-order valence-electron chi connectivity index (χ4n) is 3.21. The van der Waals surface area contributed by atoms with Crippen molar-refractivity contribution in [2.75, 3.05) is 0 Å². The number of benzene rings is 3. The number of hydrogen-bond donors (Lipinski definition) is 1. The van der Waals surface area contributed by atoms with E-state index in [0.717, 1.165) is 28.1 Å². The van der Waals surface area contributed by atoms with Crippen LogP contribution >= 0.6 is 0 Å². The van der Waals surface area contributed by atoms with E-state index in [1.54, 1.807) is 22.9 Å². The molecular formula is C25H21N5O3. The number of amides is 1. The lowest BCUT2D eigenvalue weighted by Crippen LogP contribution is -2.18. The normalized spacial score (nSPS) is 11.0. The third-order valence-electron chi connectivity index (χ3n) is 5.05. The van der Waals surface area contributed by atoms with Gasteiger partial charge in [-0.2, -0.15) is 10.2 Å². The van der Waals surface area contributed by atoms with Crippen molar-refractivity contribution in [1.29, 1.82) is 0 Å². The van der Waals surface area contributed by atoms with E-state index in [4.69, 9.17) is 0 Å². The van der Waals surface area contributed by atoms with Crippen molar-refractivity contribution < 1.29 is 9.72 Å².